The van der Waals surface area contributed by atoms with Crippen molar-refractivity contribution in [3.8, 4) is 0 Å². The van der Waals surface area contributed by atoms with Crippen LogP contribution in [0.1, 0.15) is 12.5 Å². The molecule has 2 N–H and O–H groups in total. The smallest absolute Gasteiger partial charge is 0.245 e. The molecule has 2 unspecified atom stereocenters. The Morgan fingerprint density at radius 2 is 2.26 bits per heavy atom. The molecule has 0 aliphatic carbocycles. The molecule has 19 heavy (non-hydrogen) atoms. The monoisotopic (exact) mass is 326 g/mol. The van der Waals surface area contributed by atoms with E-state index in [1.807, 2.05) is 30.0 Å². The zero-order valence-electron chi connectivity index (χ0n) is 11.2. The first-order valence-electron chi connectivity index (χ1n) is 6.44. The van der Waals surface area contributed by atoms with Crippen molar-refractivity contribution in [1.29, 1.82) is 0 Å². The average molecular weight is 327 g/mol. The molecule has 0 bridgehead atoms. The topological polar surface area (TPSA) is 52.6 Å². The molecule has 1 heterocycles. The van der Waals surface area contributed by atoms with E-state index in [1.165, 1.54) is 0 Å². The molecule has 2 atom stereocenters. The van der Waals surface area contributed by atoms with E-state index in [2.05, 4.69) is 28.2 Å². The second-order valence-corrected chi connectivity index (χ2v) is 5.99. The number of rotatable bonds is 2. The van der Waals surface area contributed by atoms with Crippen LogP contribution in [0.3, 0.4) is 0 Å². The van der Waals surface area contributed by atoms with Crippen molar-refractivity contribution in [2.45, 2.75) is 19.9 Å². The molecule has 0 radical (unpaired) electrons. The van der Waals surface area contributed by atoms with Gasteiger partial charge >= 0.3 is 0 Å². The second-order valence-electron chi connectivity index (χ2n) is 5.13. The number of carbonyl (C=O) groups excluding carboxylic acids is 1. The minimum atomic E-state index is -0.509. The zero-order valence-corrected chi connectivity index (χ0v) is 12.8. The van der Waals surface area contributed by atoms with Gasteiger partial charge in [0.05, 0.1) is 6.61 Å². The van der Waals surface area contributed by atoms with Crippen molar-refractivity contribution in [3.05, 3.63) is 28.2 Å². The van der Waals surface area contributed by atoms with Crippen molar-refractivity contribution in [2.24, 2.45) is 5.92 Å². The number of aliphatic hydroxyl groups excluding tert-OH is 1. The largest absolute Gasteiger partial charge is 0.394 e. The maximum absolute atomic E-state index is 12.0. The molecule has 1 aliphatic heterocycles. The number of benzene rings is 1. The van der Waals surface area contributed by atoms with Crippen LogP contribution >= 0.6 is 15.9 Å². The molecule has 1 saturated heterocycles. The third-order valence-corrected chi connectivity index (χ3v) is 4.35. The van der Waals surface area contributed by atoms with Crippen molar-refractivity contribution in [2.75, 3.05) is 24.6 Å². The molecule has 104 valence electrons. The lowest BCUT2D eigenvalue weighted by atomic mass is 10.1. The van der Waals surface area contributed by atoms with Crippen molar-refractivity contribution in [3.63, 3.8) is 0 Å². The Morgan fingerprint density at radius 3 is 2.89 bits per heavy atom. The van der Waals surface area contributed by atoms with Gasteiger partial charge in [-0.15, -0.1) is 0 Å². The van der Waals surface area contributed by atoms with Crippen molar-refractivity contribution in [1.82, 2.24) is 5.32 Å². The summed E-state index contributed by atoms with van der Waals surface area (Å²) >= 11 is 3.48. The highest BCUT2D eigenvalue weighted by Gasteiger charge is 2.30. The van der Waals surface area contributed by atoms with E-state index < -0.39 is 6.04 Å². The lowest BCUT2D eigenvalue weighted by Crippen LogP contribution is -2.47. The lowest BCUT2D eigenvalue weighted by molar-refractivity contribution is -0.122. The van der Waals surface area contributed by atoms with Gasteiger partial charge in [-0.05, 0) is 36.6 Å². The number of amides is 1. The average Bonchev–Trinajstić information content (AvgIpc) is 2.52. The summed E-state index contributed by atoms with van der Waals surface area (Å²) in [5.41, 5.74) is 2.09. The Balaban J connectivity index is 2.36. The van der Waals surface area contributed by atoms with Gasteiger partial charge in [-0.3, -0.25) is 4.79 Å². The van der Waals surface area contributed by atoms with Crippen molar-refractivity contribution >= 4 is 27.5 Å². The first kappa shape index (κ1) is 14.3. The number of nitrogens with one attached hydrogen (secondary N) is 1. The summed E-state index contributed by atoms with van der Waals surface area (Å²) in [5.74, 6) is 0.247. The highest BCUT2D eigenvalue weighted by molar-refractivity contribution is 9.10. The molecule has 0 spiro atoms. The number of hydrogen-bond donors (Lipinski definition) is 2. The Labute approximate surface area is 121 Å². The highest BCUT2D eigenvalue weighted by atomic mass is 79.9. The van der Waals surface area contributed by atoms with E-state index in [1.54, 1.807) is 0 Å². The third kappa shape index (κ3) is 3.09. The van der Waals surface area contributed by atoms with Gasteiger partial charge in [0.2, 0.25) is 5.91 Å². The van der Waals surface area contributed by atoms with Crippen LogP contribution in [0.4, 0.5) is 5.69 Å². The number of carbonyl (C=O) groups is 1. The molecular formula is C14H19BrN2O2. The van der Waals surface area contributed by atoms with Crippen LogP contribution in [-0.4, -0.2) is 36.8 Å². The maximum Gasteiger partial charge on any atom is 0.245 e. The van der Waals surface area contributed by atoms with Crippen LogP contribution in [0.2, 0.25) is 0 Å². The van der Waals surface area contributed by atoms with E-state index >= 15 is 0 Å². The number of halogens is 1. The van der Waals surface area contributed by atoms with E-state index in [0.29, 0.717) is 12.5 Å². The Morgan fingerprint density at radius 1 is 1.53 bits per heavy atom. The molecule has 0 aromatic heterocycles. The van der Waals surface area contributed by atoms with Gasteiger partial charge in [0.1, 0.15) is 6.04 Å². The summed E-state index contributed by atoms with van der Waals surface area (Å²) in [4.78, 5) is 14.0. The fourth-order valence-corrected chi connectivity index (χ4v) is 2.58. The van der Waals surface area contributed by atoms with E-state index in [9.17, 15) is 9.90 Å². The van der Waals surface area contributed by atoms with Crippen LogP contribution in [0.15, 0.2) is 22.7 Å². The minimum Gasteiger partial charge on any atom is -0.394 e. The van der Waals surface area contributed by atoms with E-state index in [0.717, 1.165) is 22.3 Å². The number of hydrogen-bond acceptors (Lipinski definition) is 3. The standard InChI is InChI=1S/C14H19BrN2O2/c1-9-6-16-14(19)13(8-18)17(7-9)11-3-4-12(15)10(2)5-11/h3-5,9,13,18H,6-8H2,1-2H3,(H,16,19). The fourth-order valence-electron chi connectivity index (χ4n) is 2.34. The number of anilines is 1. The molecule has 1 aromatic rings. The predicted molar refractivity (Wildman–Crippen MR) is 79.3 cm³/mol. The van der Waals surface area contributed by atoms with Gasteiger partial charge in [-0.2, -0.15) is 0 Å². The Hall–Kier alpha value is -1.07. The quantitative estimate of drug-likeness (QED) is 0.869. The fraction of sp³-hybridized carbons (Fsp3) is 0.500. The summed E-state index contributed by atoms with van der Waals surface area (Å²) in [5, 5.41) is 12.4. The molecule has 1 aliphatic rings. The molecule has 1 amide bonds. The third-order valence-electron chi connectivity index (χ3n) is 3.46. The molecule has 4 nitrogen and oxygen atoms in total. The Kier molecular flexibility index (Phi) is 4.47. The summed E-state index contributed by atoms with van der Waals surface area (Å²) in [7, 11) is 0. The van der Waals surface area contributed by atoms with Crippen LogP contribution < -0.4 is 10.2 Å². The number of aliphatic hydroxyl groups is 1. The lowest BCUT2D eigenvalue weighted by Gasteiger charge is -2.30. The molecule has 2 rings (SSSR count). The zero-order chi connectivity index (χ0) is 14.0. The van der Waals surface area contributed by atoms with Gasteiger partial charge < -0.3 is 15.3 Å². The van der Waals surface area contributed by atoms with Crippen LogP contribution in [-0.2, 0) is 4.79 Å². The Bertz CT molecular complexity index is 479. The normalized spacial score (nSPS) is 24.0. The molecule has 5 heteroatoms. The van der Waals surface area contributed by atoms with Crippen molar-refractivity contribution < 1.29 is 9.90 Å². The summed E-state index contributed by atoms with van der Waals surface area (Å²) in [6, 6.07) is 5.49. The summed E-state index contributed by atoms with van der Waals surface area (Å²) in [6.45, 7) is 5.35. The van der Waals surface area contributed by atoms with Gasteiger partial charge in [0.25, 0.3) is 0 Å². The number of aryl methyl sites for hydroxylation is 1. The van der Waals surface area contributed by atoms with E-state index in [-0.39, 0.29) is 12.5 Å². The summed E-state index contributed by atoms with van der Waals surface area (Å²) in [6.07, 6.45) is 0. The second kappa shape index (κ2) is 5.92. The van der Waals surface area contributed by atoms with Crippen LogP contribution in [0, 0.1) is 12.8 Å². The van der Waals surface area contributed by atoms with Gasteiger partial charge in [-0.1, -0.05) is 22.9 Å². The maximum atomic E-state index is 12.0. The first-order chi connectivity index (χ1) is 9.02. The van der Waals surface area contributed by atoms with E-state index in [4.69, 9.17) is 0 Å². The molecular weight excluding hydrogens is 308 g/mol. The van der Waals surface area contributed by atoms with Gasteiger partial charge in [0, 0.05) is 23.2 Å². The van der Waals surface area contributed by atoms with Crippen LogP contribution in [0.5, 0.6) is 0 Å². The first-order valence-corrected chi connectivity index (χ1v) is 7.23. The predicted octanol–water partition coefficient (Wildman–Crippen LogP) is 1.69. The molecule has 1 aromatic carbocycles. The molecule has 1 fully saturated rings. The van der Waals surface area contributed by atoms with Gasteiger partial charge in [-0.25, -0.2) is 0 Å². The summed E-state index contributed by atoms with van der Waals surface area (Å²) < 4.78 is 1.05. The number of nitrogens with zero attached hydrogens (tertiary/aromatic N) is 1. The highest BCUT2D eigenvalue weighted by Crippen LogP contribution is 2.26. The van der Waals surface area contributed by atoms with Gasteiger partial charge in [0.15, 0.2) is 0 Å². The minimum absolute atomic E-state index is 0.104. The SMILES string of the molecule is Cc1cc(N2CC(C)CNC(=O)C2CO)ccc1Br. The van der Waals surface area contributed by atoms with Crippen LogP contribution in [0.25, 0.3) is 0 Å². The molecule has 0 saturated carbocycles.